The molecule has 3 heterocycles. The second kappa shape index (κ2) is 28.6. The lowest BCUT2D eigenvalue weighted by Crippen LogP contribution is -1.80. The standard InChI is InChI=1S/C7H9N.C6H7N.C3H5NO.3C2H6.CH4/c1-6-3-4-8-7(2)5-6;1-6-3-2-4-7-5-6;1-2-5-3-4-1;3*1-2;/h3-5H,1-2H3;2-5H,1H3;3H,1-2H2;3*1-2H3;1H4. The van der Waals surface area contributed by atoms with Gasteiger partial charge in [-0.15, -0.1) is 0 Å². The van der Waals surface area contributed by atoms with Gasteiger partial charge in [0.05, 0.1) is 6.54 Å². The molecule has 3 rings (SSSR count). The molecule has 156 valence electrons. The first-order valence-corrected chi connectivity index (χ1v) is 9.54. The second-order valence-corrected chi connectivity index (χ2v) is 4.39. The molecule has 0 aliphatic carbocycles. The number of aromatic nitrogens is 2. The summed E-state index contributed by atoms with van der Waals surface area (Å²) in [5, 5.41) is 0. The van der Waals surface area contributed by atoms with E-state index in [0.29, 0.717) is 0 Å². The van der Waals surface area contributed by atoms with Gasteiger partial charge in [-0.3, -0.25) is 15.0 Å². The van der Waals surface area contributed by atoms with E-state index in [4.69, 9.17) is 0 Å². The third-order valence-corrected chi connectivity index (χ3v) is 2.35. The fraction of sp³-hybridized carbons (Fsp3) is 0.522. The van der Waals surface area contributed by atoms with Gasteiger partial charge in [0.2, 0.25) is 0 Å². The molecule has 2 aromatic heterocycles. The molecule has 4 nitrogen and oxygen atoms in total. The van der Waals surface area contributed by atoms with Gasteiger partial charge in [-0.1, -0.05) is 55.0 Å². The van der Waals surface area contributed by atoms with E-state index < -0.39 is 0 Å². The molecule has 0 atom stereocenters. The average molecular weight is 378 g/mol. The van der Waals surface area contributed by atoms with Gasteiger partial charge in [0.15, 0.2) is 6.40 Å². The highest BCUT2D eigenvalue weighted by atomic mass is 16.5. The number of ether oxygens (including phenoxy) is 1. The first kappa shape index (κ1) is 32.4. The van der Waals surface area contributed by atoms with Crippen molar-refractivity contribution in [1.29, 1.82) is 0 Å². The number of aliphatic imine (C=N–C) groups is 1. The Labute approximate surface area is 169 Å². The molecule has 27 heavy (non-hydrogen) atoms. The van der Waals surface area contributed by atoms with Gasteiger partial charge in [-0.2, -0.15) is 0 Å². The Bertz CT molecular complexity index is 491. The minimum atomic E-state index is 0. The zero-order valence-corrected chi connectivity index (χ0v) is 18.3. The van der Waals surface area contributed by atoms with Crippen molar-refractivity contribution >= 4 is 6.40 Å². The van der Waals surface area contributed by atoms with Crippen molar-refractivity contribution in [2.75, 3.05) is 13.2 Å². The van der Waals surface area contributed by atoms with Gasteiger partial charge in [0.1, 0.15) is 6.61 Å². The van der Waals surface area contributed by atoms with Crippen molar-refractivity contribution in [3.63, 3.8) is 0 Å². The van der Waals surface area contributed by atoms with Gasteiger partial charge in [-0.25, -0.2) is 0 Å². The summed E-state index contributed by atoms with van der Waals surface area (Å²) in [5.41, 5.74) is 3.57. The molecular formula is C23H43N3O. The monoisotopic (exact) mass is 377 g/mol. The van der Waals surface area contributed by atoms with E-state index in [0.717, 1.165) is 18.8 Å². The normalized spacial score (nSPS) is 9.22. The van der Waals surface area contributed by atoms with E-state index >= 15 is 0 Å². The third-order valence-electron chi connectivity index (χ3n) is 2.35. The van der Waals surface area contributed by atoms with E-state index in [1.807, 2.05) is 86.0 Å². The highest BCUT2D eigenvalue weighted by Gasteiger charge is 1.84. The van der Waals surface area contributed by atoms with Crippen LogP contribution in [0, 0.1) is 20.8 Å². The fourth-order valence-corrected chi connectivity index (χ4v) is 1.40. The minimum Gasteiger partial charge on any atom is -0.482 e. The molecule has 0 saturated carbocycles. The molecule has 4 heteroatoms. The van der Waals surface area contributed by atoms with Crippen LogP contribution < -0.4 is 0 Å². The van der Waals surface area contributed by atoms with Gasteiger partial charge in [0.25, 0.3) is 0 Å². The summed E-state index contributed by atoms with van der Waals surface area (Å²) in [5.74, 6) is 0. The molecule has 0 radical (unpaired) electrons. The number of rotatable bonds is 0. The summed E-state index contributed by atoms with van der Waals surface area (Å²) in [6.45, 7) is 19.7. The quantitative estimate of drug-likeness (QED) is 0.504. The Balaban J connectivity index is -0.000000129. The van der Waals surface area contributed by atoms with Crippen LogP contribution in [-0.4, -0.2) is 29.5 Å². The summed E-state index contributed by atoms with van der Waals surface area (Å²) >= 11 is 0. The topological polar surface area (TPSA) is 47.4 Å². The predicted molar refractivity (Wildman–Crippen MR) is 123 cm³/mol. The van der Waals surface area contributed by atoms with Crippen LogP contribution in [0.25, 0.3) is 0 Å². The number of hydrogen-bond acceptors (Lipinski definition) is 4. The molecule has 0 bridgehead atoms. The van der Waals surface area contributed by atoms with Crippen molar-refractivity contribution < 1.29 is 4.74 Å². The molecule has 1 aliphatic heterocycles. The van der Waals surface area contributed by atoms with Crippen LogP contribution in [0.3, 0.4) is 0 Å². The summed E-state index contributed by atoms with van der Waals surface area (Å²) in [7, 11) is 0. The molecular weight excluding hydrogens is 334 g/mol. The molecule has 0 N–H and O–H groups in total. The lowest BCUT2D eigenvalue weighted by atomic mass is 10.3. The van der Waals surface area contributed by atoms with Crippen LogP contribution in [0.2, 0.25) is 0 Å². The average Bonchev–Trinajstić information content (AvgIpc) is 3.28. The molecule has 0 fully saturated rings. The number of aryl methyl sites for hydroxylation is 3. The first-order chi connectivity index (χ1) is 12.7. The van der Waals surface area contributed by atoms with Crippen molar-refractivity contribution in [2.45, 2.75) is 69.7 Å². The van der Waals surface area contributed by atoms with E-state index in [-0.39, 0.29) is 7.43 Å². The molecule has 0 amide bonds. The molecule has 0 spiro atoms. The molecule has 1 aliphatic rings. The number of nitrogens with zero attached hydrogens (tertiary/aromatic N) is 3. The number of hydrogen-bond donors (Lipinski definition) is 0. The van der Waals surface area contributed by atoms with Crippen molar-refractivity contribution in [1.82, 2.24) is 9.97 Å². The minimum absolute atomic E-state index is 0. The zero-order valence-electron chi connectivity index (χ0n) is 18.3. The molecule has 2 aromatic rings. The maximum absolute atomic E-state index is 4.65. The number of pyridine rings is 2. The third kappa shape index (κ3) is 26.1. The van der Waals surface area contributed by atoms with Gasteiger partial charge >= 0.3 is 0 Å². The highest BCUT2D eigenvalue weighted by Crippen LogP contribution is 1.95. The molecule has 0 aromatic carbocycles. The van der Waals surface area contributed by atoms with Gasteiger partial charge in [-0.05, 0) is 50.1 Å². The van der Waals surface area contributed by atoms with Crippen LogP contribution in [-0.2, 0) is 4.74 Å². The Morgan fingerprint density at radius 3 is 1.70 bits per heavy atom. The van der Waals surface area contributed by atoms with Crippen molar-refractivity contribution in [2.24, 2.45) is 4.99 Å². The van der Waals surface area contributed by atoms with Crippen LogP contribution in [0.4, 0.5) is 0 Å². The first-order valence-electron chi connectivity index (χ1n) is 9.54. The summed E-state index contributed by atoms with van der Waals surface area (Å²) in [6.07, 6.45) is 6.91. The fourth-order valence-electron chi connectivity index (χ4n) is 1.40. The lowest BCUT2D eigenvalue weighted by Gasteiger charge is -1.90. The zero-order chi connectivity index (χ0) is 20.6. The summed E-state index contributed by atoms with van der Waals surface area (Å²) in [6, 6.07) is 8.00. The Kier molecular flexibility index (Phi) is 34.3. The van der Waals surface area contributed by atoms with Crippen LogP contribution in [0.5, 0.6) is 0 Å². The Hall–Kier alpha value is -2.23. The Morgan fingerprint density at radius 2 is 1.48 bits per heavy atom. The maximum atomic E-state index is 4.65. The smallest absolute Gasteiger partial charge is 0.169 e. The van der Waals surface area contributed by atoms with Crippen molar-refractivity contribution in [3.05, 3.63) is 59.7 Å². The van der Waals surface area contributed by atoms with E-state index in [1.54, 1.807) is 6.20 Å². The van der Waals surface area contributed by atoms with Gasteiger partial charge < -0.3 is 4.74 Å². The van der Waals surface area contributed by atoms with Crippen LogP contribution >= 0.6 is 0 Å². The Morgan fingerprint density at radius 1 is 0.852 bits per heavy atom. The SMILES string of the molecule is C.C1=NCCO1.CC.CC.CC.Cc1cccnc1.Cc1ccnc(C)c1. The molecule has 0 saturated heterocycles. The van der Waals surface area contributed by atoms with Gasteiger partial charge in [0, 0.05) is 24.3 Å². The second-order valence-electron chi connectivity index (χ2n) is 4.39. The summed E-state index contributed by atoms with van der Waals surface area (Å²) in [4.78, 5) is 11.7. The van der Waals surface area contributed by atoms with Crippen LogP contribution in [0.15, 0.2) is 47.8 Å². The maximum Gasteiger partial charge on any atom is 0.169 e. The van der Waals surface area contributed by atoms with E-state index in [2.05, 4.69) is 32.7 Å². The summed E-state index contributed by atoms with van der Waals surface area (Å²) < 4.78 is 4.65. The predicted octanol–water partition coefficient (Wildman–Crippen LogP) is 6.85. The van der Waals surface area contributed by atoms with E-state index in [1.165, 1.54) is 17.5 Å². The van der Waals surface area contributed by atoms with Crippen molar-refractivity contribution in [3.8, 4) is 0 Å². The van der Waals surface area contributed by atoms with E-state index in [9.17, 15) is 0 Å². The lowest BCUT2D eigenvalue weighted by molar-refractivity contribution is 0.361. The largest absolute Gasteiger partial charge is 0.482 e. The van der Waals surface area contributed by atoms with Crippen LogP contribution in [0.1, 0.15) is 65.8 Å². The highest BCUT2D eigenvalue weighted by molar-refractivity contribution is 5.47. The molecule has 0 unspecified atom stereocenters.